The molecule has 0 saturated heterocycles. The number of furan rings is 1. The van der Waals surface area contributed by atoms with E-state index in [1.165, 1.54) is 0 Å². The van der Waals surface area contributed by atoms with Crippen LogP contribution in [0.15, 0.2) is 47.1 Å². The van der Waals surface area contributed by atoms with Gasteiger partial charge in [0.15, 0.2) is 0 Å². The van der Waals surface area contributed by atoms with Crippen molar-refractivity contribution in [1.29, 1.82) is 0 Å². The molecular weight excluding hydrogens is 190 g/mol. The zero-order chi connectivity index (χ0) is 10.7. The summed E-state index contributed by atoms with van der Waals surface area (Å²) in [5.41, 5.74) is 6.76. The second-order valence-electron chi connectivity index (χ2n) is 3.40. The molecule has 1 aromatic carbocycles. The van der Waals surface area contributed by atoms with Crippen LogP contribution in [0.3, 0.4) is 0 Å². The molecule has 15 heavy (non-hydrogen) atoms. The van der Waals surface area contributed by atoms with Crippen molar-refractivity contribution in [3.63, 3.8) is 0 Å². The highest BCUT2D eigenvalue weighted by Crippen LogP contribution is 2.25. The van der Waals surface area contributed by atoms with Gasteiger partial charge in [-0.1, -0.05) is 12.1 Å². The third-order valence-corrected chi connectivity index (χ3v) is 2.42. The van der Waals surface area contributed by atoms with Crippen molar-refractivity contribution in [2.24, 2.45) is 5.73 Å². The molecule has 0 saturated carbocycles. The smallest absolute Gasteiger partial charge is 0.115 e. The molecular formula is C12H13NO2. The lowest BCUT2D eigenvalue weighted by Gasteiger charge is -2.12. The zero-order valence-corrected chi connectivity index (χ0v) is 8.26. The number of phenols is 1. The van der Waals surface area contributed by atoms with Crippen molar-refractivity contribution in [2.75, 3.05) is 6.54 Å². The van der Waals surface area contributed by atoms with E-state index in [0.717, 1.165) is 11.3 Å². The summed E-state index contributed by atoms with van der Waals surface area (Å²) in [6, 6.07) is 10.8. The third kappa shape index (κ3) is 2.02. The van der Waals surface area contributed by atoms with Crippen LogP contribution in [0.25, 0.3) is 0 Å². The Morgan fingerprint density at radius 2 is 1.93 bits per heavy atom. The van der Waals surface area contributed by atoms with Crippen LogP contribution in [0.2, 0.25) is 0 Å². The molecule has 0 aliphatic rings. The third-order valence-electron chi connectivity index (χ3n) is 2.42. The summed E-state index contributed by atoms with van der Waals surface area (Å²) in [5.74, 6) is 1.16. The maximum Gasteiger partial charge on any atom is 0.115 e. The molecule has 2 rings (SSSR count). The zero-order valence-electron chi connectivity index (χ0n) is 8.26. The number of benzene rings is 1. The summed E-state index contributed by atoms with van der Waals surface area (Å²) in [7, 11) is 0. The molecule has 0 aliphatic carbocycles. The van der Waals surface area contributed by atoms with E-state index in [9.17, 15) is 5.11 Å². The fraction of sp³-hybridized carbons (Fsp3) is 0.167. The van der Waals surface area contributed by atoms with Crippen LogP contribution in [-0.2, 0) is 0 Å². The molecule has 1 atom stereocenters. The highest BCUT2D eigenvalue weighted by atomic mass is 16.3. The highest BCUT2D eigenvalue weighted by Gasteiger charge is 2.14. The molecule has 0 fully saturated rings. The van der Waals surface area contributed by atoms with Crippen LogP contribution in [0.5, 0.6) is 5.75 Å². The van der Waals surface area contributed by atoms with E-state index in [-0.39, 0.29) is 11.7 Å². The van der Waals surface area contributed by atoms with Crippen molar-refractivity contribution < 1.29 is 9.52 Å². The van der Waals surface area contributed by atoms with Gasteiger partial charge in [0.1, 0.15) is 11.5 Å². The molecule has 3 heteroatoms. The first-order chi connectivity index (χ1) is 7.31. The molecule has 1 aromatic heterocycles. The molecule has 78 valence electrons. The Morgan fingerprint density at radius 1 is 1.20 bits per heavy atom. The Kier molecular flexibility index (Phi) is 2.74. The van der Waals surface area contributed by atoms with E-state index in [0.29, 0.717) is 6.54 Å². The van der Waals surface area contributed by atoms with Crippen LogP contribution < -0.4 is 5.73 Å². The average Bonchev–Trinajstić information content (AvgIpc) is 2.75. The second kappa shape index (κ2) is 4.19. The van der Waals surface area contributed by atoms with Gasteiger partial charge < -0.3 is 15.3 Å². The summed E-state index contributed by atoms with van der Waals surface area (Å²) < 4.78 is 5.33. The van der Waals surface area contributed by atoms with Gasteiger partial charge in [0.2, 0.25) is 0 Å². The van der Waals surface area contributed by atoms with E-state index < -0.39 is 0 Å². The lowest BCUT2D eigenvalue weighted by atomic mass is 9.97. The number of hydrogen-bond acceptors (Lipinski definition) is 3. The minimum atomic E-state index is 0.0561. The molecule has 0 spiro atoms. The molecule has 0 amide bonds. The van der Waals surface area contributed by atoms with Crippen molar-refractivity contribution >= 4 is 0 Å². The van der Waals surface area contributed by atoms with E-state index in [1.807, 2.05) is 24.3 Å². The topological polar surface area (TPSA) is 59.4 Å². The Bertz CT molecular complexity index is 406. The number of nitrogens with two attached hydrogens (primary N) is 1. The molecule has 3 nitrogen and oxygen atoms in total. The first-order valence-electron chi connectivity index (χ1n) is 4.83. The Morgan fingerprint density at radius 3 is 2.47 bits per heavy atom. The average molecular weight is 203 g/mol. The first kappa shape index (κ1) is 9.80. The number of aromatic hydroxyl groups is 1. The van der Waals surface area contributed by atoms with Crippen LogP contribution in [0, 0.1) is 0 Å². The van der Waals surface area contributed by atoms with Crippen LogP contribution in [-0.4, -0.2) is 11.7 Å². The van der Waals surface area contributed by atoms with Gasteiger partial charge in [0.05, 0.1) is 12.2 Å². The molecule has 1 heterocycles. The van der Waals surface area contributed by atoms with Gasteiger partial charge in [-0.15, -0.1) is 0 Å². The molecule has 0 aliphatic heterocycles. The molecule has 3 N–H and O–H groups in total. The van der Waals surface area contributed by atoms with Crippen molar-refractivity contribution in [1.82, 2.24) is 0 Å². The molecule has 1 unspecified atom stereocenters. The Hall–Kier alpha value is -1.74. The lowest BCUT2D eigenvalue weighted by molar-refractivity contribution is 0.472. The lowest BCUT2D eigenvalue weighted by Crippen LogP contribution is -2.12. The van der Waals surface area contributed by atoms with Crippen molar-refractivity contribution in [3.8, 4) is 5.75 Å². The Labute approximate surface area is 88.1 Å². The van der Waals surface area contributed by atoms with Crippen LogP contribution >= 0.6 is 0 Å². The van der Waals surface area contributed by atoms with Gasteiger partial charge in [-0.25, -0.2) is 0 Å². The monoisotopic (exact) mass is 203 g/mol. The van der Waals surface area contributed by atoms with Gasteiger partial charge in [0.25, 0.3) is 0 Å². The first-order valence-corrected chi connectivity index (χ1v) is 4.83. The minimum absolute atomic E-state index is 0.0561. The van der Waals surface area contributed by atoms with E-state index >= 15 is 0 Å². The molecule has 0 bridgehead atoms. The Balaban J connectivity index is 2.31. The fourth-order valence-electron chi connectivity index (χ4n) is 1.61. The standard InChI is InChI=1S/C12H13NO2/c13-8-11(12-2-1-7-15-12)9-3-5-10(14)6-4-9/h1-7,11,14H,8,13H2. The second-order valence-corrected chi connectivity index (χ2v) is 3.40. The highest BCUT2D eigenvalue weighted by molar-refractivity contribution is 5.32. The number of hydrogen-bond donors (Lipinski definition) is 2. The quantitative estimate of drug-likeness (QED) is 0.802. The number of phenolic OH excluding ortho intramolecular Hbond substituents is 1. The fourth-order valence-corrected chi connectivity index (χ4v) is 1.61. The van der Waals surface area contributed by atoms with E-state index in [4.69, 9.17) is 10.2 Å². The summed E-state index contributed by atoms with van der Waals surface area (Å²) in [6.07, 6.45) is 1.64. The van der Waals surface area contributed by atoms with Gasteiger partial charge >= 0.3 is 0 Å². The summed E-state index contributed by atoms with van der Waals surface area (Å²) in [5, 5.41) is 9.19. The van der Waals surface area contributed by atoms with Gasteiger partial charge in [0, 0.05) is 6.54 Å². The van der Waals surface area contributed by atoms with Gasteiger partial charge in [-0.05, 0) is 29.8 Å². The summed E-state index contributed by atoms with van der Waals surface area (Å²) in [4.78, 5) is 0. The van der Waals surface area contributed by atoms with Crippen LogP contribution in [0.4, 0.5) is 0 Å². The normalized spacial score (nSPS) is 12.6. The predicted molar refractivity (Wildman–Crippen MR) is 57.7 cm³/mol. The van der Waals surface area contributed by atoms with Crippen molar-refractivity contribution in [2.45, 2.75) is 5.92 Å². The summed E-state index contributed by atoms with van der Waals surface area (Å²) in [6.45, 7) is 0.484. The SMILES string of the molecule is NCC(c1ccc(O)cc1)c1ccco1. The van der Waals surface area contributed by atoms with Gasteiger partial charge in [-0.2, -0.15) is 0 Å². The maximum atomic E-state index is 9.19. The van der Waals surface area contributed by atoms with E-state index in [1.54, 1.807) is 18.4 Å². The van der Waals surface area contributed by atoms with E-state index in [2.05, 4.69) is 0 Å². The molecule has 2 aromatic rings. The largest absolute Gasteiger partial charge is 0.508 e. The van der Waals surface area contributed by atoms with Crippen LogP contribution in [0.1, 0.15) is 17.2 Å². The maximum absolute atomic E-state index is 9.19. The van der Waals surface area contributed by atoms with Gasteiger partial charge in [-0.3, -0.25) is 0 Å². The minimum Gasteiger partial charge on any atom is -0.508 e. The molecule has 0 radical (unpaired) electrons. The summed E-state index contributed by atoms with van der Waals surface area (Å²) >= 11 is 0. The predicted octanol–water partition coefficient (Wildman–Crippen LogP) is 2.08. The number of rotatable bonds is 3. The van der Waals surface area contributed by atoms with Crippen molar-refractivity contribution in [3.05, 3.63) is 54.0 Å².